The standard InChI is InChI=1S/C20H28N4O3/c1-3-9-24-18(20(25)21-8-10-23-11-13-27-14-12-23)15-17(22-24)16-6-4-5-7-19(16)26-2/h4-7,15H,3,8-14H2,1-2H3,(H,21,25). The van der Waals surface area contributed by atoms with Crippen molar-refractivity contribution >= 4 is 5.91 Å². The van der Waals surface area contributed by atoms with Crippen LogP contribution >= 0.6 is 0 Å². The number of nitrogens with zero attached hydrogens (tertiary/aromatic N) is 3. The number of hydrogen-bond donors (Lipinski definition) is 1. The average molecular weight is 372 g/mol. The van der Waals surface area contributed by atoms with Crippen LogP contribution in [0.4, 0.5) is 0 Å². The summed E-state index contributed by atoms with van der Waals surface area (Å²) in [6.45, 7) is 7.57. The van der Waals surface area contributed by atoms with Crippen molar-refractivity contribution in [1.29, 1.82) is 0 Å². The van der Waals surface area contributed by atoms with Crippen LogP contribution in [0, 0.1) is 0 Å². The van der Waals surface area contributed by atoms with E-state index in [2.05, 4.69) is 22.2 Å². The lowest BCUT2D eigenvalue weighted by atomic mass is 10.1. The Morgan fingerprint density at radius 2 is 2.04 bits per heavy atom. The van der Waals surface area contributed by atoms with Gasteiger partial charge in [-0.05, 0) is 24.6 Å². The monoisotopic (exact) mass is 372 g/mol. The Morgan fingerprint density at radius 3 is 2.78 bits per heavy atom. The van der Waals surface area contributed by atoms with Crippen LogP contribution in [0.3, 0.4) is 0 Å². The first-order valence-electron chi connectivity index (χ1n) is 9.52. The zero-order valence-corrected chi connectivity index (χ0v) is 16.1. The Morgan fingerprint density at radius 1 is 1.26 bits per heavy atom. The number of para-hydroxylation sites is 1. The quantitative estimate of drug-likeness (QED) is 0.768. The van der Waals surface area contributed by atoms with Crippen LogP contribution in [-0.2, 0) is 11.3 Å². The second-order valence-electron chi connectivity index (χ2n) is 6.55. The third-order valence-corrected chi connectivity index (χ3v) is 4.65. The van der Waals surface area contributed by atoms with Gasteiger partial charge in [0.15, 0.2) is 0 Å². The van der Waals surface area contributed by atoms with Crippen LogP contribution in [0.25, 0.3) is 11.3 Å². The van der Waals surface area contributed by atoms with Crippen LogP contribution in [0.5, 0.6) is 5.75 Å². The molecule has 1 aliphatic heterocycles. The number of rotatable bonds is 8. The van der Waals surface area contributed by atoms with Crippen LogP contribution < -0.4 is 10.1 Å². The number of morpholine rings is 1. The van der Waals surface area contributed by atoms with Gasteiger partial charge in [-0.25, -0.2) is 0 Å². The number of methoxy groups -OCH3 is 1. The molecule has 0 bridgehead atoms. The summed E-state index contributed by atoms with van der Waals surface area (Å²) in [6.07, 6.45) is 0.904. The molecule has 0 atom stereocenters. The zero-order valence-electron chi connectivity index (χ0n) is 16.1. The Labute approximate surface area is 160 Å². The topological polar surface area (TPSA) is 68.6 Å². The molecule has 2 heterocycles. The number of ether oxygens (including phenoxy) is 2. The molecule has 0 aliphatic carbocycles. The second kappa shape index (κ2) is 9.53. The number of benzene rings is 1. The largest absolute Gasteiger partial charge is 0.496 e. The molecule has 1 aromatic carbocycles. The van der Waals surface area contributed by atoms with E-state index in [1.807, 2.05) is 30.3 Å². The maximum Gasteiger partial charge on any atom is 0.269 e. The fourth-order valence-corrected chi connectivity index (χ4v) is 3.21. The first kappa shape index (κ1) is 19.4. The molecule has 7 heteroatoms. The van der Waals surface area contributed by atoms with Crippen LogP contribution in [0.15, 0.2) is 30.3 Å². The Hall–Kier alpha value is -2.38. The number of carbonyl (C=O) groups excluding carboxylic acids is 1. The van der Waals surface area contributed by atoms with Gasteiger partial charge in [0.2, 0.25) is 0 Å². The molecular weight excluding hydrogens is 344 g/mol. The molecule has 0 spiro atoms. The fraction of sp³-hybridized carbons (Fsp3) is 0.500. The van der Waals surface area contributed by atoms with Crippen LogP contribution in [-0.4, -0.2) is 67.1 Å². The molecule has 0 radical (unpaired) electrons. The van der Waals surface area contributed by atoms with E-state index in [0.29, 0.717) is 18.8 Å². The lowest BCUT2D eigenvalue weighted by molar-refractivity contribution is 0.0383. The van der Waals surface area contributed by atoms with Crippen LogP contribution in [0.1, 0.15) is 23.8 Å². The maximum absolute atomic E-state index is 12.7. The number of hydrogen-bond acceptors (Lipinski definition) is 5. The van der Waals surface area contributed by atoms with Gasteiger partial charge in [-0.1, -0.05) is 19.1 Å². The van der Waals surface area contributed by atoms with Crippen LogP contribution in [0.2, 0.25) is 0 Å². The molecule has 7 nitrogen and oxygen atoms in total. The van der Waals surface area contributed by atoms with Gasteiger partial charge in [-0.2, -0.15) is 5.10 Å². The van der Waals surface area contributed by atoms with E-state index < -0.39 is 0 Å². The number of amides is 1. The molecular formula is C20H28N4O3. The van der Waals surface area contributed by atoms with Crippen molar-refractivity contribution in [2.75, 3.05) is 46.5 Å². The molecule has 1 fully saturated rings. The summed E-state index contributed by atoms with van der Waals surface area (Å²) in [5.74, 6) is 0.656. The molecule has 0 saturated carbocycles. The molecule has 1 aliphatic rings. The van der Waals surface area contributed by atoms with Gasteiger partial charge in [0.05, 0.1) is 26.0 Å². The second-order valence-corrected chi connectivity index (χ2v) is 6.55. The van der Waals surface area contributed by atoms with Gasteiger partial charge in [-0.15, -0.1) is 0 Å². The maximum atomic E-state index is 12.7. The molecule has 27 heavy (non-hydrogen) atoms. The molecule has 0 unspecified atom stereocenters. The number of carbonyl (C=O) groups is 1. The van der Waals surface area contributed by atoms with Gasteiger partial charge in [0.1, 0.15) is 11.4 Å². The van der Waals surface area contributed by atoms with Crippen molar-refractivity contribution < 1.29 is 14.3 Å². The Bertz CT molecular complexity index is 753. The van der Waals surface area contributed by atoms with Crippen molar-refractivity contribution in [3.63, 3.8) is 0 Å². The number of aryl methyl sites for hydroxylation is 1. The average Bonchev–Trinajstić information content (AvgIpc) is 3.13. The SMILES string of the molecule is CCCn1nc(-c2ccccc2OC)cc1C(=O)NCCN1CCOCC1. The van der Waals surface area contributed by atoms with E-state index in [1.165, 1.54) is 0 Å². The first-order valence-corrected chi connectivity index (χ1v) is 9.52. The molecule has 1 amide bonds. The summed E-state index contributed by atoms with van der Waals surface area (Å²) in [7, 11) is 1.64. The smallest absolute Gasteiger partial charge is 0.269 e. The zero-order chi connectivity index (χ0) is 19.1. The Balaban J connectivity index is 1.71. The highest BCUT2D eigenvalue weighted by atomic mass is 16.5. The molecule has 2 aromatic rings. The predicted octanol–water partition coefficient (Wildman–Crippen LogP) is 2.03. The summed E-state index contributed by atoms with van der Waals surface area (Å²) in [4.78, 5) is 15.0. The Kier molecular flexibility index (Phi) is 6.84. The normalized spacial score (nSPS) is 14.9. The summed E-state index contributed by atoms with van der Waals surface area (Å²) < 4.78 is 12.6. The first-order chi connectivity index (χ1) is 13.2. The van der Waals surface area contributed by atoms with Gasteiger partial charge < -0.3 is 14.8 Å². The lowest BCUT2D eigenvalue weighted by Crippen LogP contribution is -2.41. The van der Waals surface area contributed by atoms with Crippen molar-refractivity contribution in [3.05, 3.63) is 36.0 Å². The van der Waals surface area contributed by atoms with Gasteiger partial charge >= 0.3 is 0 Å². The van der Waals surface area contributed by atoms with Gasteiger partial charge in [-0.3, -0.25) is 14.4 Å². The van der Waals surface area contributed by atoms with Crippen molar-refractivity contribution in [2.24, 2.45) is 0 Å². The molecule has 1 N–H and O–H groups in total. The van der Waals surface area contributed by atoms with E-state index in [0.717, 1.165) is 56.3 Å². The van der Waals surface area contributed by atoms with E-state index in [1.54, 1.807) is 11.8 Å². The molecule has 1 saturated heterocycles. The lowest BCUT2D eigenvalue weighted by Gasteiger charge is -2.26. The fourth-order valence-electron chi connectivity index (χ4n) is 3.21. The molecule has 146 valence electrons. The highest BCUT2D eigenvalue weighted by Crippen LogP contribution is 2.29. The third-order valence-electron chi connectivity index (χ3n) is 4.65. The van der Waals surface area contributed by atoms with Crippen molar-refractivity contribution in [2.45, 2.75) is 19.9 Å². The third kappa shape index (κ3) is 4.87. The summed E-state index contributed by atoms with van der Waals surface area (Å²) >= 11 is 0. The summed E-state index contributed by atoms with van der Waals surface area (Å²) in [5.41, 5.74) is 2.22. The van der Waals surface area contributed by atoms with E-state index in [-0.39, 0.29) is 5.91 Å². The summed E-state index contributed by atoms with van der Waals surface area (Å²) in [5, 5.41) is 7.67. The van der Waals surface area contributed by atoms with Gasteiger partial charge in [0, 0.05) is 38.3 Å². The molecule has 3 rings (SSSR count). The van der Waals surface area contributed by atoms with Gasteiger partial charge in [0.25, 0.3) is 5.91 Å². The minimum atomic E-state index is -0.0923. The predicted molar refractivity (Wildman–Crippen MR) is 104 cm³/mol. The van der Waals surface area contributed by atoms with Crippen molar-refractivity contribution in [1.82, 2.24) is 20.0 Å². The van der Waals surface area contributed by atoms with E-state index >= 15 is 0 Å². The molecule has 1 aromatic heterocycles. The minimum absolute atomic E-state index is 0.0923. The number of aromatic nitrogens is 2. The van der Waals surface area contributed by atoms with Crippen molar-refractivity contribution in [3.8, 4) is 17.0 Å². The highest BCUT2D eigenvalue weighted by molar-refractivity contribution is 5.93. The van der Waals surface area contributed by atoms with E-state index in [4.69, 9.17) is 9.47 Å². The highest BCUT2D eigenvalue weighted by Gasteiger charge is 2.18. The summed E-state index contributed by atoms with van der Waals surface area (Å²) in [6, 6.07) is 9.56. The minimum Gasteiger partial charge on any atom is -0.496 e. The number of nitrogens with one attached hydrogen (secondary N) is 1. The van der Waals surface area contributed by atoms with E-state index in [9.17, 15) is 4.79 Å².